The Balaban J connectivity index is 2.72. The SMILES string of the molecule is C#CCC(CC)NC(C)c1ccc(F)c(Br)c1. The van der Waals surface area contributed by atoms with Crippen LogP contribution in [0.3, 0.4) is 0 Å². The second kappa shape index (κ2) is 6.78. The zero-order valence-corrected chi connectivity index (χ0v) is 11.7. The van der Waals surface area contributed by atoms with Gasteiger partial charge in [0.1, 0.15) is 5.82 Å². The standard InChI is InChI=1S/C14H17BrFN/c1-4-6-12(5-2)17-10(3)11-7-8-14(16)13(15)9-11/h1,7-10,12,17H,5-6H2,2-3H3. The van der Waals surface area contributed by atoms with E-state index < -0.39 is 0 Å². The summed E-state index contributed by atoms with van der Waals surface area (Å²) < 4.78 is 13.6. The zero-order chi connectivity index (χ0) is 12.8. The molecule has 1 aromatic carbocycles. The lowest BCUT2D eigenvalue weighted by molar-refractivity contribution is 0.448. The number of benzene rings is 1. The number of hydrogen-bond donors (Lipinski definition) is 1. The second-order valence-corrected chi connectivity index (χ2v) is 4.93. The van der Waals surface area contributed by atoms with Crippen molar-refractivity contribution in [3.05, 3.63) is 34.1 Å². The van der Waals surface area contributed by atoms with E-state index in [1.165, 1.54) is 6.07 Å². The predicted octanol–water partition coefficient (Wildman–Crippen LogP) is 4.04. The van der Waals surface area contributed by atoms with Crippen molar-refractivity contribution in [3.63, 3.8) is 0 Å². The highest BCUT2D eigenvalue weighted by Crippen LogP contribution is 2.21. The minimum Gasteiger partial charge on any atom is -0.307 e. The summed E-state index contributed by atoms with van der Waals surface area (Å²) in [7, 11) is 0. The average Bonchev–Trinajstić information content (AvgIpc) is 2.31. The molecule has 2 unspecified atom stereocenters. The molecule has 0 radical (unpaired) electrons. The van der Waals surface area contributed by atoms with E-state index in [-0.39, 0.29) is 11.9 Å². The Morgan fingerprint density at radius 1 is 1.53 bits per heavy atom. The summed E-state index contributed by atoms with van der Waals surface area (Å²) in [5.41, 5.74) is 1.05. The lowest BCUT2D eigenvalue weighted by Gasteiger charge is -2.21. The van der Waals surface area contributed by atoms with E-state index in [0.717, 1.165) is 12.0 Å². The molecule has 0 aliphatic carbocycles. The highest BCUT2D eigenvalue weighted by molar-refractivity contribution is 9.10. The van der Waals surface area contributed by atoms with Gasteiger partial charge in [0.05, 0.1) is 4.47 Å². The van der Waals surface area contributed by atoms with Crippen molar-refractivity contribution >= 4 is 15.9 Å². The normalized spacial score (nSPS) is 14.1. The van der Waals surface area contributed by atoms with Crippen LogP contribution in [0.25, 0.3) is 0 Å². The van der Waals surface area contributed by atoms with Gasteiger partial charge >= 0.3 is 0 Å². The van der Waals surface area contributed by atoms with Crippen molar-refractivity contribution in [2.75, 3.05) is 0 Å². The maximum Gasteiger partial charge on any atom is 0.137 e. The molecule has 3 heteroatoms. The molecule has 1 nitrogen and oxygen atoms in total. The lowest BCUT2D eigenvalue weighted by atomic mass is 10.1. The Morgan fingerprint density at radius 2 is 2.24 bits per heavy atom. The highest BCUT2D eigenvalue weighted by Gasteiger charge is 2.12. The fraction of sp³-hybridized carbons (Fsp3) is 0.429. The van der Waals surface area contributed by atoms with Gasteiger partial charge in [0.25, 0.3) is 0 Å². The molecule has 0 aromatic heterocycles. The van der Waals surface area contributed by atoms with E-state index in [1.54, 1.807) is 12.1 Å². The first-order valence-electron chi connectivity index (χ1n) is 5.73. The Bertz CT molecular complexity index is 411. The number of rotatable bonds is 5. The highest BCUT2D eigenvalue weighted by atomic mass is 79.9. The molecule has 0 heterocycles. The van der Waals surface area contributed by atoms with Crippen molar-refractivity contribution in [2.24, 2.45) is 0 Å². The molecular formula is C14H17BrFN. The molecule has 0 bridgehead atoms. The third-order valence-corrected chi connectivity index (χ3v) is 3.39. The largest absolute Gasteiger partial charge is 0.307 e. The van der Waals surface area contributed by atoms with Gasteiger partial charge in [0.2, 0.25) is 0 Å². The van der Waals surface area contributed by atoms with E-state index in [0.29, 0.717) is 16.9 Å². The molecule has 0 spiro atoms. The Kier molecular flexibility index (Phi) is 5.67. The van der Waals surface area contributed by atoms with Gasteiger partial charge in [-0.1, -0.05) is 13.0 Å². The van der Waals surface area contributed by atoms with Crippen LogP contribution in [-0.4, -0.2) is 6.04 Å². The van der Waals surface area contributed by atoms with Gasteiger partial charge < -0.3 is 5.32 Å². The maximum atomic E-state index is 13.1. The Labute approximate surface area is 111 Å². The maximum absolute atomic E-state index is 13.1. The third kappa shape index (κ3) is 4.14. The molecule has 92 valence electrons. The molecule has 1 aromatic rings. The molecule has 0 amide bonds. The average molecular weight is 298 g/mol. The van der Waals surface area contributed by atoms with Gasteiger partial charge in [-0.3, -0.25) is 0 Å². The van der Waals surface area contributed by atoms with Gasteiger partial charge in [0.15, 0.2) is 0 Å². The number of hydrogen-bond acceptors (Lipinski definition) is 1. The first kappa shape index (κ1) is 14.2. The molecule has 1 rings (SSSR count). The lowest BCUT2D eigenvalue weighted by Crippen LogP contribution is -2.30. The molecule has 2 atom stereocenters. The zero-order valence-electron chi connectivity index (χ0n) is 10.1. The molecule has 1 N–H and O–H groups in total. The van der Waals surface area contributed by atoms with E-state index in [2.05, 4.69) is 41.0 Å². The molecule has 0 saturated carbocycles. The van der Waals surface area contributed by atoms with Crippen molar-refractivity contribution in [1.82, 2.24) is 5.32 Å². The van der Waals surface area contributed by atoms with Gasteiger partial charge in [-0.15, -0.1) is 12.3 Å². The van der Waals surface area contributed by atoms with E-state index in [4.69, 9.17) is 6.42 Å². The first-order chi connectivity index (χ1) is 8.08. The molecule has 0 aliphatic heterocycles. The van der Waals surface area contributed by atoms with Crippen molar-refractivity contribution in [2.45, 2.75) is 38.8 Å². The topological polar surface area (TPSA) is 12.0 Å². The van der Waals surface area contributed by atoms with E-state index >= 15 is 0 Å². The monoisotopic (exact) mass is 297 g/mol. The number of terminal acetylenes is 1. The van der Waals surface area contributed by atoms with Crippen LogP contribution in [0.2, 0.25) is 0 Å². The summed E-state index contributed by atoms with van der Waals surface area (Å²) in [5.74, 6) is 2.43. The Morgan fingerprint density at radius 3 is 2.76 bits per heavy atom. The smallest absolute Gasteiger partial charge is 0.137 e. The van der Waals surface area contributed by atoms with Gasteiger partial charge in [0, 0.05) is 18.5 Å². The Hall–Kier alpha value is -0.850. The quantitative estimate of drug-likeness (QED) is 0.809. The van der Waals surface area contributed by atoms with Crippen LogP contribution in [0.4, 0.5) is 4.39 Å². The summed E-state index contributed by atoms with van der Waals surface area (Å²) in [6, 6.07) is 5.53. The van der Waals surface area contributed by atoms with Crippen LogP contribution >= 0.6 is 15.9 Å². The molecule has 0 aliphatic rings. The minimum atomic E-state index is -0.239. The summed E-state index contributed by atoms with van der Waals surface area (Å²) in [5, 5.41) is 3.44. The predicted molar refractivity (Wildman–Crippen MR) is 73.2 cm³/mol. The van der Waals surface area contributed by atoms with Crippen LogP contribution in [0.5, 0.6) is 0 Å². The number of halogens is 2. The number of nitrogens with one attached hydrogen (secondary N) is 1. The van der Waals surface area contributed by atoms with Crippen LogP contribution in [0, 0.1) is 18.2 Å². The van der Waals surface area contributed by atoms with Crippen molar-refractivity contribution in [1.29, 1.82) is 0 Å². The fourth-order valence-electron chi connectivity index (χ4n) is 1.69. The summed E-state index contributed by atoms with van der Waals surface area (Å²) in [4.78, 5) is 0. The van der Waals surface area contributed by atoms with Gasteiger partial charge in [-0.25, -0.2) is 4.39 Å². The van der Waals surface area contributed by atoms with Crippen LogP contribution in [0.15, 0.2) is 22.7 Å². The first-order valence-corrected chi connectivity index (χ1v) is 6.52. The van der Waals surface area contributed by atoms with Crippen LogP contribution < -0.4 is 5.32 Å². The fourth-order valence-corrected chi connectivity index (χ4v) is 2.09. The molecule has 0 fully saturated rings. The molecule has 17 heavy (non-hydrogen) atoms. The van der Waals surface area contributed by atoms with Crippen LogP contribution in [-0.2, 0) is 0 Å². The summed E-state index contributed by atoms with van der Waals surface area (Å²) >= 11 is 3.19. The minimum absolute atomic E-state index is 0.158. The van der Waals surface area contributed by atoms with E-state index in [1.807, 2.05) is 0 Å². The van der Waals surface area contributed by atoms with Crippen molar-refractivity contribution < 1.29 is 4.39 Å². The summed E-state index contributed by atoms with van der Waals surface area (Å²) in [6.07, 6.45) is 7.01. The molecule has 0 saturated heterocycles. The van der Waals surface area contributed by atoms with E-state index in [9.17, 15) is 4.39 Å². The third-order valence-electron chi connectivity index (χ3n) is 2.79. The van der Waals surface area contributed by atoms with Gasteiger partial charge in [-0.05, 0) is 47.0 Å². The summed E-state index contributed by atoms with van der Waals surface area (Å²) in [6.45, 7) is 4.15. The van der Waals surface area contributed by atoms with Gasteiger partial charge in [-0.2, -0.15) is 0 Å². The molecular weight excluding hydrogens is 281 g/mol. The van der Waals surface area contributed by atoms with Crippen LogP contribution in [0.1, 0.15) is 38.3 Å². The van der Waals surface area contributed by atoms with Crippen molar-refractivity contribution in [3.8, 4) is 12.3 Å². The second-order valence-electron chi connectivity index (χ2n) is 4.08.